The zero-order chi connectivity index (χ0) is 16.7. The molecule has 0 fully saturated rings. The summed E-state index contributed by atoms with van der Waals surface area (Å²) in [7, 11) is 0. The van der Waals surface area contributed by atoms with E-state index in [0.29, 0.717) is 24.5 Å². The summed E-state index contributed by atoms with van der Waals surface area (Å²) in [6.45, 7) is 4.40. The van der Waals surface area contributed by atoms with Crippen LogP contribution < -0.4 is 10.1 Å². The summed E-state index contributed by atoms with van der Waals surface area (Å²) in [5.41, 5.74) is 2.20. The van der Waals surface area contributed by atoms with Crippen LogP contribution in [0.3, 0.4) is 0 Å². The van der Waals surface area contributed by atoms with Crippen LogP contribution in [0.1, 0.15) is 24.5 Å². The molecule has 1 atom stereocenters. The molecule has 0 saturated heterocycles. The maximum atomic E-state index is 12.0. The maximum Gasteiger partial charge on any atom is 0.220 e. The first-order valence-corrected chi connectivity index (χ1v) is 8.14. The Kier molecular flexibility index (Phi) is 6.48. The second kappa shape index (κ2) is 8.59. The predicted octanol–water partition coefficient (Wildman–Crippen LogP) is 4.16. The second-order valence-corrected chi connectivity index (χ2v) is 6.11. The van der Waals surface area contributed by atoms with Crippen LogP contribution in [0, 0.1) is 6.92 Å². The molecule has 0 aliphatic rings. The lowest BCUT2D eigenvalue weighted by Crippen LogP contribution is -2.36. The molecule has 2 rings (SSSR count). The van der Waals surface area contributed by atoms with E-state index in [1.54, 1.807) is 0 Å². The highest BCUT2D eigenvalue weighted by Crippen LogP contribution is 2.16. The largest absolute Gasteiger partial charge is 0.491 e. The minimum Gasteiger partial charge on any atom is -0.491 e. The molecule has 0 unspecified atom stereocenters. The second-order valence-electron chi connectivity index (χ2n) is 5.67. The third-order valence-corrected chi connectivity index (χ3v) is 3.80. The summed E-state index contributed by atoms with van der Waals surface area (Å²) in [5.74, 6) is 0.885. The Bertz CT molecular complexity index is 640. The highest BCUT2D eigenvalue weighted by Gasteiger charge is 2.09. The molecule has 1 N–H and O–H groups in total. The average molecular weight is 332 g/mol. The number of halogens is 1. The van der Waals surface area contributed by atoms with Crippen LogP contribution in [0.5, 0.6) is 5.75 Å². The number of hydrogen-bond acceptors (Lipinski definition) is 2. The summed E-state index contributed by atoms with van der Waals surface area (Å²) in [6, 6.07) is 15.4. The van der Waals surface area contributed by atoms with Crippen molar-refractivity contribution in [3.8, 4) is 5.75 Å². The molecule has 0 saturated carbocycles. The average Bonchev–Trinajstić information content (AvgIpc) is 2.53. The molecule has 122 valence electrons. The molecule has 0 spiro atoms. The van der Waals surface area contributed by atoms with E-state index in [1.165, 1.54) is 0 Å². The molecule has 23 heavy (non-hydrogen) atoms. The van der Waals surface area contributed by atoms with Gasteiger partial charge in [-0.3, -0.25) is 4.79 Å². The van der Waals surface area contributed by atoms with Gasteiger partial charge in [0.1, 0.15) is 12.4 Å². The highest BCUT2D eigenvalue weighted by atomic mass is 35.5. The number of ether oxygens (including phenoxy) is 1. The van der Waals surface area contributed by atoms with Crippen LogP contribution in [0.4, 0.5) is 0 Å². The first-order chi connectivity index (χ1) is 11.0. The van der Waals surface area contributed by atoms with Gasteiger partial charge in [0.15, 0.2) is 0 Å². The third kappa shape index (κ3) is 5.95. The van der Waals surface area contributed by atoms with E-state index < -0.39 is 0 Å². The van der Waals surface area contributed by atoms with E-state index in [0.717, 1.165) is 16.9 Å². The summed E-state index contributed by atoms with van der Waals surface area (Å²) in [6.07, 6.45) is 1.16. The quantitative estimate of drug-likeness (QED) is 0.827. The van der Waals surface area contributed by atoms with Crippen LogP contribution in [-0.4, -0.2) is 18.6 Å². The molecular formula is C19H22ClNO2. The Morgan fingerprint density at radius 1 is 1.17 bits per heavy atom. The standard InChI is InChI=1S/C19H22ClNO2/c1-14-5-3-4-6-18(14)23-13-15(2)21-19(22)12-9-16-7-10-17(20)11-8-16/h3-8,10-11,15H,9,12-13H2,1-2H3,(H,21,22)/t15-/m0/s1. The minimum absolute atomic E-state index is 0.0285. The van der Waals surface area contributed by atoms with Gasteiger partial charge in [-0.15, -0.1) is 0 Å². The topological polar surface area (TPSA) is 38.3 Å². The van der Waals surface area contributed by atoms with Crippen molar-refractivity contribution in [2.45, 2.75) is 32.7 Å². The molecule has 0 bridgehead atoms. The summed E-state index contributed by atoms with van der Waals surface area (Å²) >= 11 is 5.85. The fourth-order valence-corrected chi connectivity index (χ4v) is 2.36. The molecule has 0 radical (unpaired) electrons. The molecule has 3 nitrogen and oxygen atoms in total. The van der Waals surface area contributed by atoms with Crippen molar-refractivity contribution in [2.75, 3.05) is 6.61 Å². The molecule has 2 aromatic rings. The lowest BCUT2D eigenvalue weighted by Gasteiger charge is -2.16. The fourth-order valence-electron chi connectivity index (χ4n) is 2.23. The van der Waals surface area contributed by atoms with Crippen LogP contribution >= 0.6 is 11.6 Å². The number of benzene rings is 2. The van der Waals surface area contributed by atoms with Gasteiger partial charge in [0.25, 0.3) is 0 Å². The van der Waals surface area contributed by atoms with Crippen LogP contribution in [0.15, 0.2) is 48.5 Å². The van der Waals surface area contributed by atoms with Gasteiger partial charge in [0, 0.05) is 11.4 Å². The van der Waals surface area contributed by atoms with Crippen molar-refractivity contribution < 1.29 is 9.53 Å². The van der Waals surface area contributed by atoms with E-state index in [1.807, 2.05) is 62.4 Å². The summed E-state index contributed by atoms with van der Waals surface area (Å²) in [4.78, 5) is 12.0. The van der Waals surface area contributed by atoms with Crippen molar-refractivity contribution in [2.24, 2.45) is 0 Å². The van der Waals surface area contributed by atoms with Gasteiger partial charge in [-0.1, -0.05) is 41.9 Å². The van der Waals surface area contributed by atoms with Crippen LogP contribution in [0.25, 0.3) is 0 Å². The number of para-hydroxylation sites is 1. The van der Waals surface area contributed by atoms with Gasteiger partial charge < -0.3 is 10.1 Å². The van der Waals surface area contributed by atoms with Gasteiger partial charge in [0.2, 0.25) is 5.91 Å². The predicted molar refractivity (Wildman–Crippen MR) is 94.1 cm³/mol. The minimum atomic E-state index is -0.0349. The normalized spacial score (nSPS) is 11.8. The van der Waals surface area contributed by atoms with Crippen molar-refractivity contribution in [1.82, 2.24) is 5.32 Å². The zero-order valence-electron chi connectivity index (χ0n) is 13.5. The number of aryl methyl sites for hydroxylation is 2. The third-order valence-electron chi connectivity index (χ3n) is 3.54. The first-order valence-electron chi connectivity index (χ1n) is 7.77. The van der Waals surface area contributed by atoms with E-state index in [-0.39, 0.29) is 11.9 Å². The van der Waals surface area contributed by atoms with E-state index >= 15 is 0 Å². The van der Waals surface area contributed by atoms with Gasteiger partial charge in [-0.05, 0) is 49.6 Å². The van der Waals surface area contributed by atoms with E-state index in [9.17, 15) is 4.79 Å². The van der Waals surface area contributed by atoms with Gasteiger partial charge in [0.05, 0.1) is 6.04 Å². The Labute approximate surface area is 142 Å². The van der Waals surface area contributed by atoms with E-state index in [2.05, 4.69) is 5.32 Å². The Balaban J connectivity index is 1.72. The first kappa shape index (κ1) is 17.4. The lowest BCUT2D eigenvalue weighted by molar-refractivity contribution is -0.121. The SMILES string of the molecule is Cc1ccccc1OC[C@H](C)NC(=O)CCc1ccc(Cl)cc1. The van der Waals surface area contributed by atoms with Crippen molar-refractivity contribution >= 4 is 17.5 Å². The maximum absolute atomic E-state index is 12.0. The molecule has 0 aliphatic heterocycles. The summed E-state index contributed by atoms with van der Waals surface area (Å²) in [5, 5.41) is 3.67. The number of amides is 1. The highest BCUT2D eigenvalue weighted by molar-refractivity contribution is 6.30. The smallest absolute Gasteiger partial charge is 0.220 e. The number of carbonyl (C=O) groups excluding carboxylic acids is 1. The number of rotatable bonds is 7. The van der Waals surface area contributed by atoms with Gasteiger partial charge in [-0.25, -0.2) is 0 Å². The number of carbonyl (C=O) groups is 1. The zero-order valence-corrected chi connectivity index (χ0v) is 14.3. The molecule has 2 aromatic carbocycles. The Morgan fingerprint density at radius 2 is 1.87 bits per heavy atom. The molecular weight excluding hydrogens is 310 g/mol. The van der Waals surface area contributed by atoms with Gasteiger partial charge >= 0.3 is 0 Å². The molecule has 0 heterocycles. The van der Waals surface area contributed by atoms with Crippen molar-refractivity contribution in [3.63, 3.8) is 0 Å². The Morgan fingerprint density at radius 3 is 2.57 bits per heavy atom. The van der Waals surface area contributed by atoms with Crippen molar-refractivity contribution in [1.29, 1.82) is 0 Å². The number of nitrogens with one attached hydrogen (secondary N) is 1. The molecule has 4 heteroatoms. The fraction of sp³-hybridized carbons (Fsp3) is 0.316. The molecule has 0 aliphatic carbocycles. The molecule has 1 amide bonds. The summed E-state index contributed by atoms with van der Waals surface area (Å²) < 4.78 is 5.75. The van der Waals surface area contributed by atoms with Crippen LogP contribution in [-0.2, 0) is 11.2 Å². The number of hydrogen-bond donors (Lipinski definition) is 1. The Hall–Kier alpha value is -2.00. The van der Waals surface area contributed by atoms with Crippen molar-refractivity contribution in [3.05, 3.63) is 64.7 Å². The molecule has 0 aromatic heterocycles. The lowest BCUT2D eigenvalue weighted by atomic mass is 10.1. The van der Waals surface area contributed by atoms with Gasteiger partial charge in [-0.2, -0.15) is 0 Å². The monoisotopic (exact) mass is 331 g/mol. The van der Waals surface area contributed by atoms with Crippen LogP contribution in [0.2, 0.25) is 5.02 Å². The van der Waals surface area contributed by atoms with E-state index in [4.69, 9.17) is 16.3 Å².